The molecule has 0 atom stereocenters. The van der Waals surface area contributed by atoms with E-state index in [1.807, 2.05) is 24.3 Å². The van der Waals surface area contributed by atoms with E-state index in [1.165, 1.54) is 11.8 Å². The van der Waals surface area contributed by atoms with E-state index in [0.717, 1.165) is 21.9 Å². The lowest BCUT2D eigenvalue weighted by atomic mass is 10.2. The van der Waals surface area contributed by atoms with Crippen LogP contribution in [0.1, 0.15) is 5.56 Å². The highest BCUT2D eigenvalue weighted by molar-refractivity contribution is 7.99. The molecule has 0 spiro atoms. The summed E-state index contributed by atoms with van der Waals surface area (Å²) in [6, 6.07) is 14.1. The van der Waals surface area contributed by atoms with Gasteiger partial charge in [0.05, 0.1) is 26.0 Å². The second kappa shape index (κ2) is 9.52. The summed E-state index contributed by atoms with van der Waals surface area (Å²) in [6.07, 6.45) is 1.58. The summed E-state index contributed by atoms with van der Waals surface area (Å²) in [5.41, 5.74) is 2.17. The molecule has 1 aromatic heterocycles. The van der Waals surface area contributed by atoms with Gasteiger partial charge in [0, 0.05) is 11.4 Å². The number of carbonyl (C=O) groups excluding carboxylic acids is 3. The van der Waals surface area contributed by atoms with Crippen molar-refractivity contribution in [1.82, 2.24) is 25.0 Å². The van der Waals surface area contributed by atoms with E-state index in [9.17, 15) is 14.4 Å². The van der Waals surface area contributed by atoms with Gasteiger partial charge in [-0.2, -0.15) is 0 Å². The largest absolute Gasteiger partial charge is 0.497 e. The third-order valence-electron chi connectivity index (χ3n) is 4.69. The minimum Gasteiger partial charge on any atom is -0.497 e. The van der Waals surface area contributed by atoms with Crippen LogP contribution in [0.15, 0.2) is 60.0 Å². The smallest absolute Gasteiger partial charge is 0.324 e. The van der Waals surface area contributed by atoms with E-state index < -0.39 is 6.03 Å². The van der Waals surface area contributed by atoms with Crippen LogP contribution >= 0.6 is 11.8 Å². The van der Waals surface area contributed by atoms with E-state index in [2.05, 4.69) is 20.8 Å². The highest BCUT2D eigenvalue weighted by Gasteiger charge is 2.28. The maximum atomic E-state index is 12.5. The molecule has 0 saturated carbocycles. The molecule has 0 radical (unpaired) electrons. The Bertz CT molecular complexity index is 1130. The van der Waals surface area contributed by atoms with E-state index in [0.29, 0.717) is 10.8 Å². The first-order chi connectivity index (χ1) is 15.5. The number of hydrogen-bond acceptors (Lipinski definition) is 7. The van der Waals surface area contributed by atoms with Crippen LogP contribution in [0.2, 0.25) is 0 Å². The van der Waals surface area contributed by atoms with Gasteiger partial charge in [-0.1, -0.05) is 23.9 Å². The van der Waals surface area contributed by atoms with Gasteiger partial charge in [0.1, 0.15) is 12.1 Å². The highest BCUT2D eigenvalue weighted by Crippen LogP contribution is 2.22. The number of methoxy groups -OCH3 is 1. The number of hydrogen-bond donors (Lipinski definition) is 2. The van der Waals surface area contributed by atoms with Gasteiger partial charge in [0.25, 0.3) is 0 Å². The molecule has 32 heavy (non-hydrogen) atoms. The lowest BCUT2D eigenvalue weighted by Gasteiger charge is -2.13. The zero-order valence-corrected chi connectivity index (χ0v) is 18.0. The maximum Gasteiger partial charge on any atom is 0.324 e. The minimum atomic E-state index is -0.415. The second-order valence-electron chi connectivity index (χ2n) is 6.86. The molecule has 3 aromatic rings. The predicted octanol–water partition coefficient (Wildman–Crippen LogP) is 2.06. The number of benzene rings is 2. The fourth-order valence-electron chi connectivity index (χ4n) is 3.12. The van der Waals surface area contributed by atoms with Crippen molar-refractivity contribution in [3.63, 3.8) is 0 Å². The number of aromatic nitrogens is 3. The van der Waals surface area contributed by atoms with Crippen LogP contribution in [-0.4, -0.2) is 56.9 Å². The van der Waals surface area contributed by atoms with Crippen molar-refractivity contribution in [3.8, 4) is 11.4 Å². The Hall–Kier alpha value is -3.86. The van der Waals surface area contributed by atoms with E-state index in [1.54, 1.807) is 42.3 Å². The maximum absolute atomic E-state index is 12.5. The van der Waals surface area contributed by atoms with Crippen LogP contribution < -0.4 is 15.4 Å². The zero-order chi connectivity index (χ0) is 22.5. The predicted molar refractivity (Wildman–Crippen MR) is 118 cm³/mol. The summed E-state index contributed by atoms with van der Waals surface area (Å²) >= 11 is 1.26. The van der Waals surface area contributed by atoms with Crippen molar-refractivity contribution in [1.29, 1.82) is 0 Å². The van der Waals surface area contributed by atoms with Gasteiger partial charge in [-0.3, -0.25) is 19.1 Å². The third-order valence-corrected chi connectivity index (χ3v) is 5.63. The third kappa shape index (κ3) is 4.89. The molecule has 4 rings (SSSR count). The van der Waals surface area contributed by atoms with Gasteiger partial charge < -0.3 is 15.4 Å². The molecule has 1 fully saturated rings. The fourth-order valence-corrected chi connectivity index (χ4v) is 3.84. The van der Waals surface area contributed by atoms with Crippen LogP contribution in [0.25, 0.3) is 5.69 Å². The lowest BCUT2D eigenvalue weighted by Crippen LogP contribution is -2.30. The second-order valence-corrected chi connectivity index (χ2v) is 7.80. The molecular weight excluding hydrogens is 432 g/mol. The number of ether oxygens (including phenoxy) is 1. The summed E-state index contributed by atoms with van der Waals surface area (Å²) in [6.45, 7) is 0.154. The lowest BCUT2D eigenvalue weighted by molar-refractivity contribution is -0.125. The van der Waals surface area contributed by atoms with Crippen LogP contribution in [0, 0.1) is 0 Å². The number of urea groups is 1. The standard InChI is InChI=1S/C21H20N6O4S/c1-31-17-7-5-16(6-8-17)27-13-23-25-21(27)32-12-18(28)24-15-4-2-3-14(9-15)11-26-19(29)10-22-20(26)30/h2-9,13H,10-12H2,1H3,(H,22,30)(H,24,28). The average Bonchev–Trinajstić information content (AvgIpc) is 3.40. The summed E-state index contributed by atoms with van der Waals surface area (Å²) < 4.78 is 6.96. The monoisotopic (exact) mass is 452 g/mol. The molecule has 1 aliphatic rings. The van der Waals surface area contributed by atoms with E-state index in [4.69, 9.17) is 4.74 Å². The molecule has 2 aromatic carbocycles. The van der Waals surface area contributed by atoms with Crippen LogP contribution in [-0.2, 0) is 16.1 Å². The molecule has 4 amide bonds. The zero-order valence-electron chi connectivity index (χ0n) is 17.1. The molecule has 164 valence electrons. The number of amides is 4. The van der Waals surface area contributed by atoms with Crippen molar-refractivity contribution in [2.24, 2.45) is 0 Å². The molecule has 0 aliphatic carbocycles. The number of thioether (sulfide) groups is 1. The SMILES string of the molecule is COc1ccc(-n2cnnc2SCC(=O)Nc2cccc(CN3C(=O)CNC3=O)c2)cc1. The number of nitrogens with zero attached hydrogens (tertiary/aromatic N) is 4. The first-order valence-corrected chi connectivity index (χ1v) is 10.7. The fraction of sp³-hybridized carbons (Fsp3) is 0.190. The van der Waals surface area contributed by atoms with Gasteiger partial charge in [-0.15, -0.1) is 10.2 Å². The highest BCUT2D eigenvalue weighted by atomic mass is 32.2. The first kappa shape index (κ1) is 21.4. The van der Waals surface area contributed by atoms with Gasteiger partial charge in [0.2, 0.25) is 11.8 Å². The Morgan fingerprint density at radius 2 is 2.03 bits per heavy atom. The summed E-state index contributed by atoms with van der Waals surface area (Å²) in [7, 11) is 1.60. The number of carbonyl (C=O) groups is 3. The Labute approximate surface area is 188 Å². The van der Waals surface area contributed by atoms with Crippen molar-refractivity contribution >= 4 is 35.3 Å². The molecule has 0 unspecified atom stereocenters. The Morgan fingerprint density at radius 3 is 2.75 bits per heavy atom. The van der Waals surface area contributed by atoms with Crippen molar-refractivity contribution in [2.45, 2.75) is 11.7 Å². The topological polar surface area (TPSA) is 118 Å². The molecule has 1 aliphatic heterocycles. The Balaban J connectivity index is 1.35. The summed E-state index contributed by atoms with van der Waals surface area (Å²) in [5, 5.41) is 13.9. The molecule has 11 heteroatoms. The average molecular weight is 452 g/mol. The summed E-state index contributed by atoms with van der Waals surface area (Å²) in [4.78, 5) is 37.1. The number of anilines is 1. The van der Waals surface area contributed by atoms with E-state index >= 15 is 0 Å². The molecule has 2 N–H and O–H groups in total. The summed E-state index contributed by atoms with van der Waals surface area (Å²) in [5.74, 6) is 0.382. The van der Waals surface area contributed by atoms with Gasteiger partial charge in [-0.25, -0.2) is 4.79 Å². The Kier molecular flexibility index (Phi) is 6.36. The molecule has 0 bridgehead atoms. The molecule has 1 saturated heterocycles. The van der Waals surface area contributed by atoms with Crippen LogP contribution in [0.5, 0.6) is 5.75 Å². The Morgan fingerprint density at radius 1 is 1.22 bits per heavy atom. The van der Waals surface area contributed by atoms with Gasteiger partial charge in [-0.05, 0) is 42.0 Å². The van der Waals surface area contributed by atoms with E-state index in [-0.39, 0.29) is 30.7 Å². The van der Waals surface area contributed by atoms with Crippen molar-refractivity contribution in [3.05, 3.63) is 60.4 Å². The number of nitrogens with one attached hydrogen (secondary N) is 2. The van der Waals surface area contributed by atoms with Crippen molar-refractivity contribution < 1.29 is 19.1 Å². The minimum absolute atomic E-state index is 0.00757. The normalized spacial score (nSPS) is 13.2. The number of imide groups is 1. The molecular formula is C21H20N6O4S. The van der Waals surface area contributed by atoms with Crippen molar-refractivity contribution in [2.75, 3.05) is 24.7 Å². The first-order valence-electron chi connectivity index (χ1n) is 9.68. The van der Waals surface area contributed by atoms with Gasteiger partial charge in [0.15, 0.2) is 5.16 Å². The number of rotatable bonds is 8. The van der Waals surface area contributed by atoms with Gasteiger partial charge >= 0.3 is 6.03 Å². The quantitative estimate of drug-likeness (QED) is 0.397. The van der Waals surface area contributed by atoms with Crippen LogP contribution in [0.3, 0.4) is 0 Å². The van der Waals surface area contributed by atoms with Crippen LogP contribution in [0.4, 0.5) is 10.5 Å². The molecule has 10 nitrogen and oxygen atoms in total. The molecule has 2 heterocycles.